The van der Waals surface area contributed by atoms with Gasteiger partial charge in [0.1, 0.15) is 35.5 Å². The molecule has 0 bridgehead atoms. The number of benzene rings is 3. The van der Waals surface area contributed by atoms with E-state index >= 15 is 0 Å². The zero-order valence-corrected chi connectivity index (χ0v) is 19.4. The lowest BCUT2D eigenvalue weighted by atomic mass is 10.1. The summed E-state index contributed by atoms with van der Waals surface area (Å²) in [5.74, 6) is 0.311. The highest BCUT2D eigenvalue weighted by atomic mass is 16.5. The van der Waals surface area contributed by atoms with Crippen molar-refractivity contribution < 1.29 is 28.9 Å². The second kappa shape index (κ2) is 10.2. The molecule has 0 aliphatic carbocycles. The van der Waals surface area contributed by atoms with Crippen molar-refractivity contribution in [1.82, 2.24) is 4.90 Å². The lowest BCUT2D eigenvalue weighted by Gasteiger charge is -2.23. The zero-order chi connectivity index (χ0) is 25.1. The van der Waals surface area contributed by atoms with Crippen molar-refractivity contribution in [2.45, 2.75) is 31.7 Å². The van der Waals surface area contributed by atoms with Gasteiger partial charge in [-0.15, -0.1) is 0 Å². The first-order valence-electron chi connectivity index (χ1n) is 11.6. The van der Waals surface area contributed by atoms with Gasteiger partial charge in [0, 0.05) is 31.1 Å². The Labute approximate surface area is 206 Å². The Morgan fingerprint density at radius 1 is 1.00 bits per heavy atom. The Morgan fingerprint density at radius 2 is 1.78 bits per heavy atom. The number of ether oxygens (including phenoxy) is 2. The number of hydrogen-bond acceptors (Lipinski definition) is 7. The molecule has 0 amide bonds. The number of likely N-dealkylation sites (tertiary alicyclic amines) is 1. The van der Waals surface area contributed by atoms with Gasteiger partial charge in [0.05, 0.1) is 17.6 Å². The van der Waals surface area contributed by atoms with Crippen LogP contribution in [0.5, 0.6) is 17.2 Å². The van der Waals surface area contributed by atoms with E-state index in [4.69, 9.17) is 13.9 Å². The van der Waals surface area contributed by atoms with Crippen molar-refractivity contribution in [3.8, 4) is 17.2 Å². The highest BCUT2D eigenvalue weighted by Gasteiger charge is 2.36. The molecule has 2 atom stereocenters. The minimum Gasteiger partial charge on any atom is -0.489 e. The Hall–Kier alpha value is -4.14. The van der Waals surface area contributed by atoms with E-state index in [1.165, 1.54) is 6.07 Å². The van der Waals surface area contributed by atoms with E-state index in [9.17, 15) is 19.8 Å². The van der Waals surface area contributed by atoms with Crippen molar-refractivity contribution in [3.63, 3.8) is 0 Å². The molecule has 0 saturated carbocycles. The molecule has 2 N–H and O–H groups in total. The smallest absolute Gasteiger partial charge is 0.339 e. The minimum atomic E-state index is -0.983. The highest BCUT2D eigenvalue weighted by molar-refractivity contribution is 5.83. The number of fused-ring (bicyclic) bond motifs is 1. The third-order valence-electron chi connectivity index (χ3n) is 6.16. The lowest BCUT2D eigenvalue weighted by molar-refractivity contribution is -0.142. The van der Waals surface area contributed by atoms with Gasteiger partial charge in [-0.2, -0.15) is 0 Å². The fourth-order valence-corrected chi connectivity index (χ4v) is 4.41. The van der Waals surface area contributed by atoms with Crippen LogP contribution in [-0.2, 0) is 17.9 Å². The third-order valence-corrected chi connectivity index (χ3v) is 6.16. The third kappa shape index (κ3) is 5.25. The van der Waals surface area contributed by atoms with Crippen molar-refractivity contribution in [2.75, 3.05) is 6.54 Å². The first-order chi connectivity index (χ1) is 17.5. The standard InChI is InChI=1S/C28H25NO7/c30-20-12-23(28(32)33)29(16-20)15-19-10-11-21(34-17-18-6-2-1-3-7-18)13-25(19)35-26-14-27(31)36-24-9-5-4-8-22(24)26/h1-11,13-14,20,23,30H,12,15-17H2,(H,32,33)/t20-,23+/m1/s1. The zero-order valence-electron chi connectivity index (χ0n) is 19.4. The van der Waals surface area contributed by atoms with Gasteiger partial charge in [-0.05, 0) is 23.8 Å². The Bertz CT molecular complexity index is 1430. The molecular weight excluding hydrogens is 462 g/mol. The SMILES string of the molecule is O=C(O)[C@@H]1C[C@@H](O)CN1Cc1ccc(OCc2ccccc2)cc1Oc1cc(=O)oc2ccccc12. The second-order valence-electron chi connectivity index (χ2n) is 8.74. The van der Waals surface area contributed by atoms with Crippen LogP contribution in [0.2, 0.25) is 0 Å². The Kier molecular flexibility index (Phi) is 6.71. The van der Waals surface area contributed by atoms with E-state index in [-0.39, 0.29) is 19.5 Å². The summed E-state index contributed by atoms with van der Waals surface area (Å²) in [6.07, 6.45) is -0.555. The number of aliphatic carboxylic acids is 1. The Balaban J connectivity index is 1.49. The van der Waals surface area contributed by atoms with Crippen LogP contribution < -0.4 is 15.1 Å². The van der Waals surface area contributed by atoms with Gasteiger partial charge >= 0.3 is 11.6 Å². The molecule has 8 heteroatoms. The van der Waals surface area contributed by atoms with Crippen LogP contribution in [0.15, 0.2) is 88.1 Å². The van der Waals surface area contributed by atoms with Crippen LogP contribution in [0.3, 0.4) is 0 Å². The van der Waals surface area contributed by atoms with Crippen molar-refractivity contribution >= 4 is 16.9 Å². The topological polar surface area (TPSA) is 109 Å². The highest BCUT2D eigenvalue weighted by Crippen LogP contribution is 2.35. The summed E-state index contributed by atoms with van der Waals surface area (Å²) in [5, 5.41) is 20.3. The molecule has 1 fully saturated rings. The lowest BCUT2D eigenvalue weighted by Crippen LogP contribution is -2.35. The molecule has 2 heterocycles. The van der Waals surface area contributed by atoms with Crippen molar-refractivity contribution in [1.29, 1.82) is 0 Å². The number of β-amino-alcohol motifs (C(OH)–C–C–N with tert-alkyl or cyclic N) is 1. The van der Waals surface area contributed by atoms with Crippen molar-refractivity contribution in [3.05, 3.63) is 100 Å². The van der Waals surface area contributed by atoms with Gasteiger partial charge in [0.25, 0.3) is 0 Å². The van der Waals surface area contributed by atoms with E-state index in [0.29, 0.717) is 40.4 Å². The maximum absolute atomic E-state index is 12.2. The number of nitrogens with zero attached hydrogens (tertiary/aromatic N) is 1. The monoisotopic (exact) mass is 487 g/mol. The second-order valence-corrected chi connectivity index (χ2v) is 8.74. The van der Waals surface area contributed by atoms with Gasteiger partial charge < -0.3 is 24.1 Å². The van der Waals surface area contributed by atoms with E-state index < -0.39 is 23.7 Å². The summed E-state index contributed by atoms with van der Waals surface area (Å²) in [5.41, 5.74) is 1.55. The average Bonchev–Trinajstić information content (AvgIpc) is 3.25. The maximum atomic E-state index is 12.2. The normalized spacial score (nSPS) is 17.8. The number of carboxylic acid groups (broad SMARTS) is 1. The molecule has 4 aromatic rings. The van der Waals surface area contributed by atoms with Gasteiger partial charge in [0.15, 0.2) is 0 Å². The molecular formula is C28H25NO7. The fraction of sp³-hybridized carbons (Fsp3) is 0.214. The summed E-state index contributed by atoms with van der Waals surface area (Å²) in [6, 6.07) is 22.6. The molecule has 1 aromatic heterocycles. The molecule has 1 saturated heterocycles. The predicted molar refractivity (Wildman–Crippen MR) is 132 cm³/mol. The molecule has 0 radical (unpaired) electrons. The van der Waals surface area contributed by atoms with Crippen LogP contribution in [-0.4, -0.2) is 39.8 Å². The number of carboxylic acids is 1. The number of hydrogen-bond donors (Lipinski definition) is 2. The molecule has 0 unspecified atom stereocenters. The number of aliphatic hydroxyl groups excluding tert-OH is 1. The summed E-state index contributed by atoms with van der Waals surface area (Å²) < 4.78 is 17.5. The molecule has 184 valence electrons. The Morgan fingerprint density at radius 3 is 2.58 bits per heavy atom. The minimum absolute atomic E-state index is 0.161. The number of rotatable bonds is 8. The van der Waals surface area contributed by atoms with Gasteiger partial charge in [-0.1, -0.05) is 48.5 Å². The summed E-state index contributed by atoms with van der Waals surface area (Å²) >= 11 is 0. The number of carbonyl (C=O) groups is 1. The number of para-hydroxylation sites is 1. The molecule has 36 heavy (non-hydrogen) atoms. The van der Waals surface area contributed by atoms with Crippen molar-refractivity contribution in [2.24, 2.45) is 0 Å². The predicted octanol–water partition coefficient (Wildman–Crippen LogP) is 4.18. The first-order valence-corrected chi connectivity index (χ1v) is 11.6. The van der Waals surface area contributed by atoms with Gasteiger partial charge in [-0.3, -0.25) is 9.69 Å². The first kappa shape index (κ1) is 23.6. The summed E-state index contributed by atoms with van der Waals surface area (Å²) in [7, 11) is 0. The summed E-state index contributed by atoms with van der Waals surface area (Å²) in [4.78, 5) is 25.6. The summed E-state index contributed by atoms with van der Waals surface area (Å²) in [6.45, 7) is 0.832. The van der Waals surface area contributed by atoms with E-state index in [2.05, 4.69) is 0 Å². The van der Waals surface area contributed by atoms with Crippen LogP contribution in [0.4, 0.5) is 0 Å². The van der Waals surface area contributed by atoms with Crippen LogP contribution in [0, 0.1) is 0 Å². The number of aliphatic hydroxyl groups is 1. The average molecular weight is 488 g/mol. The van der Waals surface area contributed by atoms with Crippen LogP contribution >= 0.6 is 0 Å². The molecule has 1 aliphatic heterocycles. The maximum Gasteiger partial charge on any atom is 0.339 e. The largest absolute Gasteiger partial charge is 0.489 e. The molecule has 0 spiro atoms. The van der Waals surface area contributed by atoms with E-state index in [1.54, 1.807) is 35.2 Å². The molecule has 1 aliphatic rings. The molecule has 3 aromatic carbocycles. The van der Waals surface area contributed by atoms with Gasteiger partial charge in [-0.25, -0.2) is 4.79 Å². The van der Waals surface area contributed by atoms with Crippen LogP contribution in [0.1, 0.15) is 17.5 Å². The van der Waals surface area contributed by atoms with Crippen LogP contribution in [0.25, 0.3) is 11.0 Å². The fourth-order valence-electron chi connectivity index (χ4n) is 4.41. The molecule has 8 nitrogen and oxygen atoms in total. The van der Waals surface area contributed by atoms with E-state index in [1.807, 2.05) is 42.5 Å². The van der Waals surface area contributed by atoms with Gasteiger partial charge in [0.2, 0.25) is 0 Å². The molecule has 5 rings (SSSR count). The van der Waals surface area contributed by atoms with E-state index in [0.717, 1.165) is 5.56 Å². The quantitative estimate of drug-likeness (QED) is 0.356.